The van der Waals surface area contributed by atoms with Crippen LogP contribution in [-0.2, 0) is 18.6 Å². The van der Waals surface area contributed by atoms with Gasteiger partial charge in [0.1, 0.15) is 17.9 Å². The summed E-state index contributed by atoms with van der Waals surface area (Å²) >= 11 is 1.40. The van der Waals surface area contributed by atoms with Gasteiger partial charge >= 0.3 is 0 Å². The lowest BCUT2D eigenvalue weighted by atomic mass is 9.94. The summed E-state index contributed by atoms with van der Waals surface area (Å²) in [5.74, 6) is -0.0492. The minimum absolute atomic E-state index is 0.0486. The van der Waals surface area contributed by atoms with Crippen LogP contribution in [0.5, 0.6) is 0 Å². The molecular weight excluding hydrogens is 496 g/mol. The maximum absolute atomic E-state index is 14.4. The van der Waals surface area contributed by atoms with E-state index in [9.17, 15) is 13.6 Å². The highest BCUT2D eigenvalue weighted by molar-refractivity contribution is 7.09. The molecule has 1 saturated heterocycles. The fourth-order valence-corrected chi connectivity index (χ4v) is 5.54. The number of likely N-dealkylation sites (tertiary alicyclic amines) is 1. The number of alkyl halides is 2. The second kappa shape index (κ2) is 10.1. The van der Waals surface area contributed by atoms with E-state index < -0.39 is 30.3 Å². The Hall–Kier alpha value is -3.50. The van der Waals surface area contributed by atoms with Crippen LogP contribution in [0.1, 0.15) is 57.5 Å². The first-order chi connectivity index (χ1) is 17.7. The molecule has 3 heterocycles. The Morgan fingerprint density at radius 2 is 2.00 bits per heavy atom. The van der Waals surface area contributed by atoms with Crippen molar-refractivity contribution in [3.63, 3.8) is 0 Å². The zero-order chi connectivity index (χ0) is 26.2. The first-order valence-corrected chi connectivity index (χ1v) is 12.9. The van der Waals surface area contributed by atoms with Crippen molar-refractivity contribution in [3.05, 3.63) is 87.2 Å². The Bertz CT molecular complexity index is 1400. The monoisotopic (exact) mass is 523 g/mol. The molecule has 0 radical (unpaired) electrons. The van der Waals surface area contributed by atoms with E-state index in [0.29, 0.717) is 17.0 Å². The summed E-state index contributed by atoms with van der Waals surface area (Å²) in [7, 11) is 0. The van der Waals surface area contributed by atoms with Crippen molar-refractivity contribution in [2.45, 2.75) is 51.1 Å². The minimum atomic E-state index is -1.16. The second-order valence-electron chi connectivity index (χ2n) is 9.68. The highest BCUT2D eigenvalue weighted by Gasteiger charge is 2.38. The SMILES string of the molecule is Cc1csc([C@H]2C[C@H](F)CN2C(=O)c2cc(CF)cc(-c3nnc(C(C)(N)Cc4ccccc4)o3)c2)n1. The molecule has 0 spiro atoms. The van der Waals surface area contributed by atoms with Crippen LogP contribution in [0.2, 0.25) is 0 Å². The Morgan fingerprint density at radius 1 is 1.22 bits per heavy atom. The molecule has 2 aromatic carbocycles. The van der Waals surface area contributed by atoms with Gasteiger partial charge in [0, 0.05) is 28.6 Å². The van der Waals surface area contributed by atoms with Gasteiger partial charge in [-0.3, -0.25) is 4.79 Å². The average molecular weight is 524 g/mol. The van der Waals surface area contributed by atoms with E-state index in [2.05, 4.69) is 15.2 Å². The van der Waals surface area contributed by atoms with Gasteiger partial charge in [-0.05, 0) is 49.6 Å². The second-order valence-corrected chi connectivity index (χ2v) is 10.6. The number of hydrogen-bond donors (Lipinski definition) is 1. The molecule has 1 unspecified atom stereocenters. The summed E-state index contributed by atoms with van der Waals surface area (Å²) < 4.78 is 34.1. The summed E-state index contributed by atoms with van der Waals surface area (Å²) in [4.78, 5) is 19.5. The van der Waals surface area contributed by atoms with Crippen LogP contribution in [0.3, 0.4) is 0 Å². The minimum Gasteiger partial charge on any atom is -0.419 e. The highest BCUT2D eigenvalue weighted by atomic mass is 32.1. The predicted octanol–water partition coefficient (Wildman–Crippen LogP) is 5.31. The van der Waals surface area contributed by atoms with Gasteiger partial charge in [-0.15, -0.1) is 21.5 Å². The number of benzene rings is 2. The van der Waals surface area contributed by atoms with Gasteiger partial charge in [-0.1, -0.05) is 30.3 Å². The summed E-state index contributed by atoms with van der Waals surface area (Å²) in [6.45, 7) is 2.81. The van der Waals surface area contributed by atoms with Crippen LogP contribution in [0.4, 0.5) is 8.78 Å². The zero-order valence-electron chi connectivity index (χ0n) is 20.5. The molecule has 0 aliphatic carbocycles. The number of nitrogens with two attached hydrogens (primary N) is 1. The van der Waals surface area contributed by atoms with Crippen LogP contribution < -0.4 is 5.73 Å². The van der Waals surface area contributed by atoms with Gasteiger partial charge in [-0.2, -0.15) is 0 Å². The number of aromatic nitrogens is 3. The lowest BCUT2D eigenvalue weighted by Gasteiger charge is -2.23. The van der Waals surface area contributed by atoms with Crippen LogP contribution in [0, 0.1) is 6.92 Å². The zero-order valence-corrected chi connectivity index (χ0v) is 21.3. The number of halogens is 2. The van der Waals surface area contributed by atoms with Crippen molar-refractivity contribution in [2.75, 3.05) is 6.54 Å². The molecule has 2 aromatic heterocycles. The number of thiazole rings is 1. The predicted molar refractivity (Wildman–Crippen MR) is 136 cm³/mol. The fraction of sp³-hybridized carbons (Fsp3) is 0.333. The number of carbonyl (C=O) groups excluding carboxylic acids is 1. The molecule has 1 fully saturated rings. The Balaban J connectivity index is 1.44. The topological polar surface area (TPSA) is 98.1 Å². The number of hydrogen-bond acceptors (Lipinski definition) is 7. The van der Waals surface area contributed by atoms with Crippen LogP contribution in [0.25, 0.3) is 11.5 Å². The fourth-order valence-electron chi connectivity index (χ4n) is 4.62. The average Bonchev–Trinajstić information content (AvgIpc) is 3.63. The third-order valence-corrected chi connectivity index (χ3v) is 7.47. The quantitative estimate of drug-likeness (QED) is 0.352. The maximum Gasteiger partial charge on any atom is 0.254 e. The molecule has 7 nitrogen and oxygen atoms in total. The molecule has 37 heavy (non-hydrogen) atoms. The molecule has 3 atom stereocenters. The molecule has 10 heteroatoms. The number of aryl methyl sites for hydroxylation is 1. The van der Waals surface area contributed by atoms with E-state index in [1.54, 1.807) is 19.1 Å². The van der Waals surface area contributed by atoms with E-state index in [1.165, 1.54) is 22.3 Å². The van der Waals surface area contributed by atoms with Gasteiger partial charge < -0.3 is 15.1 Å². The highest BCUT2D eigenvalue weighted by Crippen LogP contribution is 2.37. The normalized spacial score (nSPS) is 19.2. The lowest BCUT2D eigenvalue weighted by Crippen LogP contribution is -2.35. The Kier molecular flexibility index (Phi) is 6.87. The Labute approximate surface area is 217 Å². The number of carbonyl (C=O) groups is 1. The van der Waals surface area contributed by atoms with E-state index in [0.717, 1.165) is 11.3 Å². The summed E-state index contributed by atoms with van der Waals surface area (Å²) in [6, 6.07) is 13.8. The van der Waals surface area contributed by atoms with E-state index in [-0.39, 0.29) is 35.9 Å². The third kappa shape index (κ3) is 5.30. The van der Waals surface area contributed by atoms with Gasteiger partial charge in [0.05, 0.1) is 18.1 Å². The largest absolute Gasteiger partial charge is 0.419 e. The molecule has 1 amide bonds. The molecule has 1 aliphatic heterocycles. The first kappa shape index (κ1) is 25.2. The van der Waals surface area contributed by atoms with Crippen molar-refractivity contribution in [1.29, 1.82) is 0 Å². The standard InChI is InChI=1S/C27H27F2N5O2S/c1-16-15-37-24(31-16)22-11-21(29)14-34(22)25(35)20-9-18(13-28)8-19(10-20)23-32-33-26(36-23)27(2,30)12-17-6-4-3-5-7-17/h3-10,15,21-22H,11-14,30H2,1-2H3/t21-,22+,27?/m0/s1. The van der Waals surface area contributed by atoms with Crippen molar-refractivity contribution < 1.29 is 18.0 Å². The van der Waals surface area contributed by atoms with Crippen molar-refractivity contribution >= 4 is 17.2 Å². The number of nitrogens with zero attached hydrogens (tertiary/aromatic N) is 4. The van der Waals surface area contributed by atoms with E-state index in [1.807, 2.05) is 42.6 Å². The molecule has 192 valence electrons. The van der Waals surface area contributed by atoms with E-state index in [4.69, 9.17) is 10.2 Å². The van der Waals surface area contributed by atoms with Gasteiger partial charge in [0.15, 0.2) is 0 Å². The molecule has 2 N–H and O–H groups in total. The van der Waals surface area contributed by atoms with Gasteiger partial charge in [0.2, 0.25) is 11.8 Å². The Morgan fingerprint density at radius 3 is 2.70 bits per heavy atom. The van der Waals surface area contributed by atoms with Crippen molar-refractivity contribution in [3.8, 4) is 11.5 Å². The summed E-state index contributed by atoms with van der Waals surface area (Å²) in [5.41, 5.74) is 8.30. The van der Waals surface area contributed by atoms with Gasteiger partial charge in [-0.25, -0.2) is 13.8 Å². The van der Waals surface area contributed by atoms with Crippen LogP contribution >= 0.6 is 11.3 Å². The lowest BCUT2D eigenvalue weighted by molar-refractivity contribution is 0.0728. The molecule has 4 aromatic rings. The molecule has 5 rings (SSSR count). The molecular formula is C27H27F2N5O2S. The third-order valence-electron chi connectivity index (χ3n) is 6.40. The molecule has 1 aliphatic rings. The van der Waals surface area contributed by atoms with Crippen LogP contribution in [-0.4, -0.2) is 38.7 Å². The molecule has 0 bridgehead atoms. The molecule has 0 saturated carbocycles. The smallest absolute Gasteiger partial charge is 0.254 e. The first-order valence-electron chi connectivity index (χ1n) is 12.0. The van der Waals surface area contributed by atoms with Crippen molar-refractivity contribution in [1.82, 2.24) is 20.1 Å². The maximum atomic E-state index is 14.4. The number of rotatable bonds is 7. The van der Waals surface area contributed by atoms with E-state index >= 15 is 0 Å². The summed E-state index contributed by atoms with van der Waals surface area (Å²) in [5, 5.41) is 10.8. The van der Waals surface area contributed by atoms with Crippen molar-refractivity contribution in [2.24, 2.45) is 5.73 Å². The van der Waals surface area contributed by atoms with Crippen LogP contribution in [0.15, 0.2) is 58.3 Å². The number of amides is 1. The summed E-state index contributed by atoms with van der Waals surface area (Å²) in [6.07, 6.45) is -0.509. The van der Waals surface area contributed by atoms with Gasteiger partial charge in [0.25, 0.3) is 5.91 Å².